The van der Waals surface area contributed by atoms with E-state index in [4.69, 9.17) is 16.6 Å². The van der Waals surface area contributed by atoms with Gasteiger partial charge >= 0.3 is 5.97 Å². The molecule has 92 valence electrons. The van der Waals surface area contributed by atoms with Gasteiger partial charge in [-0.2, -0.15) is 0 Å². The predicted octanol–water partition coefficient (Wildman–Crippen LogP) is -2.60. The van der Waals surface area contributed by atoms with E-state index in [9.17, 15) is 14.4 Å². The van der Waals surface area contributed by atoms with Crippen LogP contribution in [0.4, 0.5) is 0 Å². The van der Waals surface area contributed by atoms with Gasteiger partial charge in [-0.1, -0.05) is 0 Å². The number of hydrogen-bond donors (Lipinski definition) is 4. The first-order valence-electron chi connectivity index (χ1n) is 4.44. The Balaban J connectivity index is 4.34. The summed E-state index contributed by atoms with van der Waals surface area (Å²) in [5.74, 6) is -2.89. The topological polar surface area (TPSA) is 145 Å². The summed E-state index contributed by atoms with van der Waals surface area (Å²) in [6, 6.07) is -2.35. The maximum absolute atomic E-state index is 11.3. The highest BCUT2D eigenvalue weighted by Gasteiger charge is 2.24. The molecule has 2 atom stereocenters. The van der Waals surface area contributed by atoms with Crippen LogP contribution in [0.25, 0.3) is 0 Å². The van der Waals surface area contributed by atoms with Gasteiger partial charge in [0.05, 0.1) is 13.0 Å². The van der Waals surface area contributed by atoms with Gasteiger partial charge in [0.25, 0.3) is 0 Å². The standard InChI is InChI=1S/C8H15N3O5/c1-16-3-4(9)7(13)11-5(8(14)15)2-6(10)12/h4-5H,2-3,9H2,1H3,(H2,10,12)(H,11,13)(H,14,15). The number of carbonyl (C=O) groups excluding carboxylic acids is 2. The van der Waals surface area contributed by atoms with Crippen molar-refractivity contribution in [2.45, 2.75) is 18.5 Å². The van der Waals surface area contributed by atoms with Gasteiger partial charge in [-0.3, -0.25) is 9.59 Å². The number of ether oxygens (including phenoxy) is 1. The molecule has 0 heterocycles. The molecule has 0 bridgehead atoms. The van der Waals surface area contributed by atoms with Crippen molar-refractivity contribution in [2.75, 3.05) is 13.7 Å². The van der Waals surface area contributed by atoms with E-state index in [1.807, 2.05) is 0 Å². The molecule has 0 aromatic carbocycles. The summed E-state index contributed by atoms with van der Waals surface area (Å²) in [5, 5.41) is 10.8. The van der Waals surface area contributed by atoms with Gasteiger partial charge < -0.3 is 26.6 Å². The normalized spacial score (nSPS) is 13.9. The second kappa shape index (κ2) is 6.75. The van der Waals surface area contributed by atoms with Crippen LogP contribution in [0.3, 0.4) is 0 Å². The van der Waals surface area contributed by atoms with Crippen LogP contribution in [0.2, 0.25) is 0 Å². The average molecular weight is 233 g/mol. The SMILES string of the molecule is COCC(N)C(=O)NC(CC(N)=O)C(=O)O. The molecule has 0 fully saturated rings. The second-order valence-electron chi connectivity index (χ2n) is 3.13. The van der Waals surface area contributed by atoms with Crippen LogP contribution in [0, 0.1) is 0 Å². The number of methoxy groups -OCH3 is 1. The monoisotopic (exact) mass is 233 g/mol. The van der Waals surface area contributed by atoms with Gasteiger partial charge in [0.15, 0.2) is 0 Å². The number of nitrogens with two attached hydrogens (primary N) is 2. The summed E-state index contributed by atoms with van der Waals surface area (Å²) < 4.78 is 4.62. The van der Waals surface area contributed by atoms with E-state index >= 15 is 0 Å². The smallest absolute Gasteiger partial charge is 0.326 e. The van der Waals surface area contributed by atoms with Gasteiger partial charge in [0, 0.05) is 7.11 Å². The number of hydrogen-bond acceptors (Lipinski definition) is 5. The fourth-order valence-corrected chi connectivity index (χ4v) is 0.935. The number of amides is 2. The Hall–Kier alpha value is -1.67. The van der Waals surface area contributed by atoms with Crippen LogP contribution in [0.1, 0.15) is 6.42 Å². The van der Waals surface area contributed by atoms with E-state index in [0.717, 1.165) is 0 Å². The van der Waals surface area contributed by atoms with Crippen molar-refractivity contribution >= 4 is 17.8 Å². The molecule has 0 aliphatic rings. The molecule has 0 spiro atoms. The number of carbonyl (C=O) groups is 3. The minimum Gasteiger partial charge on any atom is -0.480 e. The van der Waals surface area contributed by atoms with Crippen LogP contribution in [-0.4, -0.2) is 48.7 Å². The quantitative estimate of drug-likeness (QED) is 0.379. The Morgan fingerprint density at radius 3 is 2.38 bits per heavy atom. The summed E-state index contributed by atoms with van der Waals surface area (Å²) in [4.78, 5) is 32.5. The summed E-state index contributed by atoms with van der Waals surface area (Å²) in [7, 11) is 1.35. The molecule has 8 nitrogen and oxygen atoms in total. The lowest BCUT2D eigenvalue weighted by atomic mass is 10.2. The Labute approximate surface area is 91.9 Å². The molecule has 0 aliphatic carbocycles. The molecule has 0 saturated carbocycles. The highest BCUT2D eigenvalue weighted by atomic mass is 16.5. The Morgan fingerprint density at radius 2 is 2.00 bits per heavy atom. The maximum atomic E-state index is 11.3. The second-order valence-corrected chi connectivity index (χ2v) is 3.13. The molecule has 2 amide bonds. The predicted molar refractivity (Wildman–Crippen MR) is 53.2 cm³/mol. The average Bonchev–Trinajstić information content (AvgIpc) is 2.16. The molecule has 6 N–H and O–H groups in total. The molecule has 0 aromatic rings. The van der Waals surface area contributed by atoms with E-state index in [1.165, 1.54) is 7.11 Å². The van der Waals surface area contributed by atoms with Crippen LogP contribution < -0.4 is 16.8 Å². The number of carboxylic acids is 1. The van der Waals surface area contributed by atoms with E-state index in [2.05, 4.69) is 10.1 Å². The van der Waals surface area contributed by atoms with Gasteiger partial charge in [0.2, 0.25) is 11.8 Å². The zero-order chi connectivity index (χ0) is 12.7. The Bertz CT molecular complexity index is 281. The Kier molecular flexibility index (Phi) is 6.04. The van der Waals surface area contributed by atoms with Crippen molar-refractivity contribution < 1.29 is 24.2 Å². The minimum atomic E-state index is -1.37. The lowest BCUT2D eigenvalue weighted by Gasteiger charge is -2.16. The van der Waals surface area contributed by atoms with Gasteiger partial charge in [-0.05, 0) is 0 Å². The molecular weight excluding hydrogens is 218 g/mol. The maximum Gasteiger partial charge on any atom is 0.326 e. The lowest BCUT2D eigenvalue weighted by Crippen LogP contribution is -2.51. The highest BCUT2D eigenvalue weighted by molar-refractivity contribution is 5.90. The van der Waals surface area contributed by atoms with Crippen molar-refractivity contribution in [3.8, 4) is 0 Å². The number of carboxylic acid groups (broad SMARTS) is 1. The summed E-state index contributed by atoms with van der Waals surface area (Å²) in [5.41, 5.74) is 10.2. The van der Waals surface area contributed by atoms with Crippen molar-refractivity contribution in [1.29, 1.82) is 0 Å². The van der Waals surface area contributed by atoms with Gasteiger partial charge in [0.1, 0.15) is 12.1 Å². The van der Waals surface area contributed by atoms with Crippen LogP contribution in [0.5, 0.6) is 0 Å². The molecule has 0 aliphatic heterocycles. The molecule has 0 saturated heterocycles. The molecule has 0 aromatic heterocycles. The zero-order valence-corrected chi connectivity index (χ0v) is 8.80. The van der Waals surface area contributed by atoms with E-state index in [-0.39, 0.29) is 6.61 Å². The van der Waals surface area contributed by atoms with E-state index < -0.39 is 36.3 Å². The molecule has 0 radical (unpaired) electrons. The Morgan fingerprint density at radius 1 is 1.44 bits per heavy atom. The van der Waals surface area contributed by atoms with Crippen molar-refractivity contribution in [2.24, 2.45) is 11.5 Å². The molecule has 2 unspecified atom stereocenters. The third kappa shape index (κ3) is 5.27. The number of aliphatic carboxylic acids is 1. The first-order chi connectivity index (χ1) is 7.38. The van der Waals surface area contributed by atoms with Crippen LogP contribution >= 0.6 is 0 Å². The van der Waals surface area contributed by atoms with Crippen molar-refractivity contribution in [1.82, 2.24) is 5.32 Å². The van der Waals surface area contributed by atoms with Crippen molar-refractivity contribution in [3.05, 3.63) is 0 Å². The first kappa shape index (κ1) is 14.3. The fraction of sp³-hybridized carbons (Fsp3) is 0.625. The third-order valence-electron chi connectivity index (χ3n) is 1.70. The fourth-order valence-electron chi connectivity index (χ4n) is 0.935. The third-order valence-corrected chi connectivity index (χ3v) is 1.70. The summed E-state index contributed by atoms with van der Waals surface area (Å²) in [6.07, 6.45) is -0.485. The van der Waals surface area contributed by atoms with Gasteiger partial charge in [-0.25, -0.2) is 4.79 Å². The zero-order valence-electron chi connectivity index (χ0n) is 8.80. The summed E-state index contributed by atoms with van der Waals surface area (Å²) in [6.45, 7) is -0.0469. The first-order valence-corrected chi connectivity index (χ1v) is 4.44. The van der Waals surface area contributed by atoms with E-state index in [1.54, 1.807) is 0 Å². The number of primary amides is 1. The van der Waals surface area contributed by atoms with Crippen molar-refractivity contribution in [3.63, 3.8) is 0 Å². The van der Waals surface area contributed by atoms with E-state index in [0.29, 0.717) is 0 Å². The molecule has 0 rings (SSSR count). The van der Waals surface area contributed by atoms with Gasteiger partial charge in [-0.15, -0.1) is 0 Å². The van der Waals surface area contributed by atoms with Crippen LogP contribution in [0.15, 0.2) is 0 Å². The largest absolute Gasteiger partial charge is 0.480 e. The number of rotatable bonds is 7. The minimum absolute atomic E-state index is 0.0469. The molecule has 8 heteroatoms. The molecule has 16 heavy (non-hydrogen) atoms. The summed E-state index contributed by atoms with van der Waals surface area (Å²) >= 11 is 0. The highest BCUT2D eigenvalue weighted by Crippen LogP contribution is 1.93. The number of nitrogens with one attached hydrogen (secondary N) is 1. The molecular formula is C8H15N3O5. The van der Waals surface area contributed by atoms with Crippen LogP contribution in [-0.2, 0) is 19.1 Å². The lowest BCUT2D eigenvalue weighted by molar-refractivity contribution is -0.143.